The van der Waals surface area contributed by atoms with Gasteiger partial charge in [0.1, 0.15) is 0 Å². The first-order valence-corrected chi connectivity index (χ1v) is 4.71. The molecule has 0 rings (SSSR count). The molecule has 0 bridgehead atoms. The van der Waals surface area contributed by atoms with E-state index in [2.05, 4.69) is 13.8 Å². The van der Waals surface area contributed by atoms with Gasteiger partial charge in [-0.15, -0.1) is 0 Å². The van der Waals surface area contributed by atoms with Crippen molar-refractivity contribution in [3.8, 4) is 6.07 Å². The summed E-state index contributed by atoms with van der Waals surface area (Å²) in [7, 11) is 0. The van der Waals surface area contributed by atoms with Crippen molar-refractivity contribution in [1.82, 2.24) is 0 Å². The summed E-state index contributed by atoms with van der Waals surface area (Å²) < 4.78 is 0. The Hall–Kier alpha value is -0.0400. The summed E-state index contributed by atoms with van der Waals surface area (Å²) in [6, 6.07) is 2.04. The van der Waals surface area contributed by atoms with Gasteiger partial charge in [-0.25, -0.2) is 0 Å². The van der Waals surface area contributed by atoms with Crippen LogP contribution < -0.4 is 29.6 Å². The molecule has 0 aromatic rings. The smallest absolute Gasteiger partial charge is 1.00 e. The van der Waals surface area contributed by atoms with E-state index in [1.165, 1.54) is 0 Å². The fourth-order valence-corrected chi connectivity index (χ4v) is 1.49. The Morgan fingerprint density at radius 2 is 2.21 bits per heavy atom. The Bertz CT molecular complexity index is 206. The van der Waals surface area contributed by atoms with E-state index in [0.717, 1.165) is 12.8 Å². The summed E-state index contributed by atoms with van der Waals surface area (Å²) >= 11 is 0. The molecule has 0 radical (unpaired) electrons. The van der Waals surface area contributed by atoms with E-state index in [4.69, 9.17) is 10.4 Å². The molecule has 1 N–H and O–H groups in total. The van der Waals surface area contributed by atoms with Crippen molar-refractivity contribution >= 4 is 5.97 Å². The first-order valence-electron chi connectivity index (χ1n) is 4.71. The van der Waals surface area contributed by atoms with Gasteiger partial charge in [0.2, 0.25) is 0 Å². The van der Waals surface area contributed by atoms with Crippen LogP contribution in [0.25, 0.3) is 0 Å². The predicted molar refractivity (Wildman–Crippen MR) is 51.2 cm³/mol. The van der Waals surface area contributed by atoms with Gasteiger partial charge in [0, 0.05) is 0 Å². The summed E-state index contributed by atoms with van der Waals surface area (Å²) in [6.45, 7) is 4.16. The average Bonchev–Trinajstić information content (AvgIpc) is 2.02. The summed E-state index contributed by atoms with van der Waals surface area (Å²) in [6.07, 6.45) is 2.84. The molecule has 2 atom stereocenters. The van der Waals surface area contributed by atoms with Gasteiger partial charge in [0.15, 0.2) is 0 Å². The van der Waals surface area contributed by atoms with Gasteiger partial charge in [0.05, 0.1) is 18.4 Å². The second-order valence-corrected chi connectivity index (χ2v) is 3.55. The van der Waals surface area contributed by atoms with Gasteiger partial charge in [0.25, 0.3) is 0 Å². The zero-order valence-electron chi connectivity index (χ0n) is 10.3. The van der Waals surface area contributed by atoms with E-state index in [0.29, 0.717) is 12.3 Å². The van der Waals surface area contributed by atoms with E-state index < -0.39 is 5.97 Å². The molecule has 3 nitrogen and oxygen atoms in total. The minimum Gasteiger partial charge on any atom is -1.00 e. The van der Waals surface area contributed by atoms with Gasteiger partial charge in [-0.05, 0) is 12.3 Å². The van der Waals surface area contributed by atoms with E-state index in [-0.39, 0.29) is 43.3 Å². The number of nitrogens with zero attached hydrogens (tertiary/aromatic N) is 1. The average molecular weight is 207 g/mol. The number of hydrogen-bond acceptors (Lipinski definition) is 2. The molecule has 0 aliphatic carbocycles. The van der Waals surface area contributed by atoms with Crippen molar-refractivity contribution in [1.29, 1.82) is 5.26 Å². The Labute approximate surface area is 109 Å². The molecule has 0 aromatic carbocycles. The van der Waals surface area contributed by atoms with Crippen LogP contribution in [-0.2, 0) is 4.79 Å². The van der Waals surface area contributed by atoms with Crippen LogP contribution in [0.4, 0.5) is 0 Å². The summed E-state index contributed by atoms with van der Waals surface area (Å²) in [5.74, 6) is -0.747. The Morgan fingerprint density at radius 3 is 2.57 bits per heavy atom. The van der Waals surface area contributed by atoms with Crippen molar-refractivity contribution < 1.29 is 40.9 Å². The summed E-state index contributed by atoms with van der Waals surface area (Å²) in [5.41, 5.74) is 0. The maximum Gasteiger partial charge on any atom is 1.00 e. The van der Waals surface area contributed by atoms with Crippen LogP contribution in [0, 0.1) is 23.2 Å². The molecule has 0 spiro atoms. The van der Waals surface area contributed by atoms with Gasteiger partial charge >= 0.3 is 35.5 Å². The standard InChI is InChI=1S/C10H17NO2.Na.H/c1-3-4-8(2)5-9(7-11)6-10(12)13;;/h8-9H,3-6H2,1-2H3,(H,12,13);;/q;+1;-1/t8-,9+;;/m1../s1. The molecule has 0 heterocycles. The van der Waals surface area contributed by atoms with Gasteiger partial charge in [-0.2, -0.15) is 5.26 Å². The second kappa shape index (κ2) is 9.51. The maximum absolute atomic E-state index is 10.4. The van der Waals surface area contributed by atoms with Gasteiger partial charge < -0.3 is 6.53 Å². The molecule has 0 saturated heterocycles. The minimum absolute atomic E-state index is 0. The third-order valence-corrected chi connectivity index (χ3v) is 2.07. The fraction of sp³-hybridized carbons (Fsp3) is 0.800. The molecule has 0 aliphatic rings. The Kier molecular flexibility index (Phi) is 11.1. The molecule has 0 amide bonds. The van der Waals surface area contributed by atoms with Crippen molar-refractivity contribution in [2.24, 2.45) is 11.8 Å². The second-order valence-electron chi connectivity index (χ2n) is 3.55. The molecular formula is C10H18NNaO2. The molecule has 0 fully saturated rings. The van der Waals surface area contributed by atoms with Gasteiger partial charge in [-0.3, -0.25) is 4.79 Å². The number of nitriles is 1. The molecule has 0 aliphatic heterocycles. The fourth-order valence-electron chi connectivity index (χ4n) is 1.49. The zero-order valence-corrected chi connectivity index (χ0v) is 11.3. The zero-order chi connectivity index (χ0) is 10.3. The normalized spacial score (nSPS) is 13.5. The molecule has 4 heteroatoms. The third-order valence-electron chi connectivity index (χ3n) is 2.07. The largest absolute Gasteiger partial charge is 1.00 e. The van der Waals surface area contributed by atoms with Crippen LogP contribution in [0.2, 0.25) is 0 Å². The van der Waals surface area contributed by atoms with E-state index in [9.17, 15) is 4.79 Å². The molecule has 76 valence electrons. The molecule has 0 unspecified atom stereocenters. The minimum atomic E-state index is -0.879. The third kappa shape index (κ3) is 8.55. The van der Waals surface area contributed by atoms with Crippen LogP contribution >= 0.6 is 0 Å². The van der Waals surface area contributed by atoms with E-state index in [1.807, 2.05) is 6.07 Å². The van der Waals surface area contributed by atoms with Crippen LogP contribution in [0.3, 0.4) is 0 Å². The van der Waals surface area contributed by atoms with Crippen LogP contribution in [0.5, 0.6) is 0 Å². The number of carbonyl (C=O) groups is 1. The van der Waals surface area contributed by atoms with E-state index in [1.54, 1.807) is 0 Å². The van der Waals surface area contributed by atoms with E-state index >= 15 is 0 Å². The molecule has 0 saturated carbocycles. The maximum atomic E-state index is 10.4. The van der Waals surface area contributed by atoms with Crippen molar-refractivity contribution in [2.75, 3.05) is 0 Å². The van der Waals surface area contributed by atoms with Crippen molar-refractivity contribution in [2.45, 2.75) is 39.5 Å². The summed E-state index contributed by atoms with van der Waals surface area (Å²) in [5, 5.41) is 17.2. The van der Waals surface area contributed by atoms with Crippen LogP contribution in [-0.4, -0.2) is 11.1 Å². The summed E-state index contributed by atoms with van der Waals surface area (Å²) in [4.78, 5) is 10.4. The van der Waals surface area contributed by atoms with Crippen LogP contribution in [0.1, 0.15) is 41.0 Å². The molecule has 14 heavy (non-hydrogen) atoms. The number of carboxylic acids is 1. The van der Waals surface area contributed by atoms with Crippen molar-refractivity contribution in [3.05, 3.63) is 0 Å². The van der Waals surface area contributed by atoms with Crippen LogP contribution in [0.15, 0.2) is 0 Å². The number of hydrogen-bond donors (Lipinski definition) is 1. The van der Waals surface area contributed by atoms with Crippen molar-refractivity contribution in [3.63, 3.8) is 0 Å². The van der Waals surface area contributed by atoms with Gasteiger partial charge in [-0.1, -0.05) is 26.7 Å². The molecule has 0 aromatic heterocycles. The Balaban J connectivity index is -0.000000720. The first-order chi connectivity index (χ1) is 6.10. The predicted octanol–water partition coefficient (Wildman–Crippen LogP) is -0.456. The topological polar surface area (TPSA) is 61.1 Å². The Morgan fingerprint density at radius 1 is 1.64 bits per heavy atom. The molecular weight excluding hydrogens is 189 g/mol. The quantitative estimate of drug-likeness (QED) is 0.600. The monoisotopic (exact) mass is 207 g/mol. The number of carboxylic acid groups (broad SMARTS) is 1. The SMILES string of the molecule is CCC[C@@H](C)C[C@H](C#N)CC(=O)O.[H-].[Na+]. The number of aliphatic carboxylic acids is 1. The number of rotatable bonds is 6. The first kappa shape index (κ1) is 16.4.